The zero-order chi connectivity index (χ0) is 13.2. The number of carbonyl (C=O) groups excluding carboxylic acids is 1. The van der Waals surface area contributed by atoms with Gasteiger partial charge < -0.3 is 9.15 Å². The maximum absolute atomic E-state index is 12.2. The van der Waals surface area contributed by atoms with Gasteiger partial charge in [-0.15, -0.1) is 0 Å². The van der Waals surface area contributed by atoms with Gasteiger partial charge in [0.2, 0.25) is 5.78 Å². The van der Waals surface area contributed by atoms with E-state index >= 15 is 0 Å². The summed E-state index contributed by atoms with van der Waals surface area (Å²) in [5.41, 5.74) is 0.766. The molecule has 0 radical (unpaired) electrons. The maximum Gasteiger partial charge on any atom is 0.211 e. The van der Waals surface area contributed by atoms with Crippen molar-refractivity contribution in [3.63, 3.8) is 0 Å². The minimum absolute atomic E-state index is 0.0351. The van der Waals surface area contributed by atoms with Gasteiger partial charge in [0.05, 0.1) is 12.6 Å². The van der Waals surface area contributed by atoms with Gasteiger partial charge in [0.25, 0.3) is 0 Å². The molecule has 1 aliphatic rings. The van der Waals surface area contributed by atoms with E-state index in [1.54, 1.807) is 7.11 Å². The summed E-state index contributed by atoms with van der Waals surface area (Å²) in [4.78, 5) is 14.3. The van der Waals surface area contributed by atoms with Crippen molar-refractivity contribution < 1.29 is 13.9 Å². The second-order valence-electron chi connectivity index (χ2n) is 4.95. The number of hydrogen-bond donors (Lipinski definition) is 0. The molecule has 4 nitrogen and oxygen atoms in total. The first-order chi connectivity index (χ1) is 9.26. The summed E-state index contributed by atoms with van der Waals surface area (Å²) < 4.78 is 10.9. The van der Waals surface area contributed by atoms with E-state index in [0.717, 1.165) is 30.5 Å². The summed E-state index contributed by atoms with van der Waals surface area (Å²) in [6, 6.07) is 9.50. The highest BCUT2D eigenvalue weighted by Gasteiger charge is 2.25. The number of carbonyl (C=O) groups is 1. The van der Waals surface area contributed by atoms with Crippen LogP contribution in [-0.2, 0) is 4.74 Å². The van der Waals surface area contributed by atoms with Gasteiger partial charge in [-0.05, 0) is 18.6 Å². The van der Waals surface area contributed by atoms with Crippen molar-refractivity contribution >= 4 is 16.8 Å². The lowest BCUT2D eigenvalue weighted by atomic mass is 10.2. The smallest absolute Gasteiger partial charge is 0.211 e. The van der Waals surface area contributed by atoms with Crippen molar-refractivity contribution in [2.45, 2.75) is 12.5 Å². The van der Waals surface area contributed by atoms with Crippen LogP contribution in [0.4, 0.5) is 0 Å². The van der Waals surface area contributed by atoms with Crippen LogP contribution in [-0.4, -0.2) is 43.5 Å². The number of nitrogens with zero attached hydrogens (tertiary/aromatic N) is 1. The van der Waals surface area contributed by atoms with Crippen LogP contribution < -0.4 is 0 Å². The van der Waals surface area contributed by atoms with E-state index in [9.17, 15) is 4.79 Å². The zero-order valence-electron chi connectivity index (χ0n) is 11.0. The number of likely N-dealkylation sites (tertiary alicyclic amines) is 1. The number of ketones is 1. The molecule has 1 atom stereocenters. The van der Waals surface area contributed by atoms with Gasteiger partial charge in [-0.1, -0.05) is 18.2 Å². The van der Waals surface area contributed by atoms with Crippen LogP contribution in [0.25, 0.3) is 11.0 Å². The number of rotatable bonds is 4. The molecule has 1 saturated heterocycles. The molecule has 0 saturated carbocycles. The molecule has 3 rings (SSSR count). The number of benzene rings is 1. The minimum atomic E-state index is 0.0351. The highest BCUT2D eigenvalue weighted by Crippen LogP contribution is 2.20. The van der Waals surface area contributed by atoms with Crippen LogP contribution in [0.5, 0.6) is 0 Å². The molecule has 0 spiro atoms. The second-order valence-corrected chi connectivity index (χ2v) is 4.95. The Balaban J connectivity index is 1.70. The first-order valence-corrected chi connectivity index (χ1v) is 6.53. The Labute approximate surface area is 111 Å². The molecular formula is C15H17NO3. The third-order valence-electron chi connectivity index (χ3n) is 3.63. The van der Waals surface area contributed by atoms with Crippen LogP contribution >= 0.6 is 0 Å². The molecule has 0 bridgehead atoms. The monoisotopic (exact) mass is 259 g/mol. The zero-order valence-corrected chi connectivity index (χ0v) is 11.0. The Morgan fingerprint density at radius 1 is 1.47 bits per heavy atom. The van der Waals surface area contributed by atoms with Crippen LogP contribution in [0.2, 0.25) is 0 Å². The SMILES string of the molecule is COC1CCN(CC(=O)c2cc3ccccc3o2)C1. The predicted molar refractivity (Wildman–Crippen MR) is 72.4 cm³/mol. The quantitative estimate of drug-likeness (QED) is 0.790. The normalized spacial score (nSPS) is 20.2. The van der Waals surface area contributed by atoms with Crippen molar-refractivity contribution in [2.75, 3.05) is 26.7 Å². The van der Waals surface area contributed by atoms with Crippen molar-refractivity contribution in [1.29, 1.82) is 0 Å². The molecule has 0 amide bonds. The van der Waals surface area contributed by atoms with E-state index in [0.29, 0.717) is 12.3 Å². The number of fused-ring (bicyclic) bond motifs is 1. The highest BCUT2D eigenvalue weighted by atomic mass is 16.5. The lowest BCUT2D eigenvalue weighted by Crippen LogP contribution is -2.28. The summed E-state index contributed by atoms with van der Waals surface area (Å²) >= 11 is 0. The van der Waals surface area contributed by atoms with Crippen molar-refractivity contribution in [3.8, 4) is 0 Å². The van der Waals surface area contributed by atoms with Gasteiger partial charge in [-0.3, -0.25) is 9.69 Å². The molecule has 1 unspecified atom stereocenters. The fraction of sp³-hybridized carbons (Fsp3) is 0.400. The summed E-state index contributed by atoms with van der Waals surface area (Å²) in [6.07, 6.45) is 1.24. The molecule has 1 fully saturated rings. The molecule has 0 aliphatic carbocycles. The molecule has 1 aromatic heterocycles. The molecule has 19 heavy (non-hydrogen) atoms. The van der Waals surface area contributed by atoms with Gasteiger partial charge >= 0.3 is 0 Å². The van der Waals surface area contributed by atoms with Crippen molar-refractivity contribution in [2.24, 2.45) is 0 Å². The molecule has 2 aromatic rings. The Hall–Kier alpha value is -1.65. The van der Waals surface area contributed by atoms with Crippen LogP contribution in [0.15, 0.2) is 34.7 Å². The van der Waals surface area contributed by atoms with E-state index in [1.807, 2.05) is 30.3 Å². The number of furan rings is 1. The molecule has 1 aromatic carbocycles. The average Bonchev–Trinajstić information content (AvgIpc) is 3.04. The number of ether oxygens (including phenoxy) is 1. The fourth-order valence-corrected chi connectivity index (χ4v) is 2.53. The molecule has 4 heteroatoms. The van der Waals surface area contributed by atoms with Crippen molar-refractivity contribution in [1.82, 2.24) is 4.90 Å². The molecule has 2 heterocycles. The van der Waals surface area contributed by atoms with E-state index in [2.05, 4.69) is 4.90 Å². The second kappa shape index (κ2) is 5.15. The maximum atomic E-state index is 12.2. The number of Topliss-reactive ketones (excluding diaryl/α,β-unsaturated/α-hetero) is 1. The summed E-state index contributed by atoms with van der Waals surface area (Å²) in [5, 5.41) is 0.974. The van der Waals surface area contributed by atoms with Gasteiger partial charge in [0.1, 0.15) is 5.58 Å². The van der Waals surface area contributed by atoms with Gasteiger partial charge in [0, 0.05) is 25.6 Å². The molecule has 1 aliphatic heterocycles. The number of hydrogen-bond acceptors (Lipinski definition) is 4. The molecular weight excluding hydrogens is 242 g/mol. The third-order valence-corrected chi connectivity index (χ3v) is 3.63. The number of para-hydroxylation sites is 1. The first kappa shape index (κ1) is 12.4. The highest BCUT2D eigenvalue weighted by molar-refractivity contribution is 5.98. The Morgan fingerprint density at radius 3 is 3.05 bits per heavy atom. The molecule has 0 N–H and O–H groups in total. The van der Waals surface area contributed by atoms with Crippen LogP contribution in [0, 0.1) is 0 Å². The Morgan fingerprint density at radius 2 is 2.32 bits per heavy atom. The average molecular weight is 259 g/mol. The van der Waals surface area contributed by atoms with Crippen LogP contribution in [0.3, 0.4) is 0 Å². The van der Waals surface area contributed by atoms with E-state index in [4.69, 9.17) is 9.15 Å². The predicted octanol–water partition coefficient (Wildman–Crippen LogP) is 2.34. The fourth-order valence-electron chi connectivity index (χ4n) is 2.53. The standard InChI is InChI=1S/C15H17NO3/c1-18-12-6-7-16(9-12)10-13(17)15-8-11-4-2-3-5-14(11)19-15/h2-5,8,12H,6-7,9-10H2,1H3. The van der Waals surface area contributed by atoms with E-state index in [-0.39, 0.29) is 11.9 Å². The Kier molecular flexibility index (Phi) is 3.36. The Bertz CT molecular complexity index is 557. The van der Waals surface area contributed by atoms with Gasteiger partial charge in [0.15, 0.2) is 5.76 Å². The van der Waals surface area contributed by atoms with E-state index in [1.165, 1.54) is 0 Å². The lowest BCUT2D eigenvalue weighted by Gasteiger charge is -2.13. The first-order valence-electron chi connectivity index (χ1n) is 6.53. The summed E-state index contributed by atoms with van der Waals surface area (Å²) in [6.45, 7) is 2.13. The van der Waals surface area contributed by atoms with Gasteiger partial charge in [-0.25, -0.2) is 0 Å². The summed E-state index contributed by atoms with van der Waals surface area (Å²) in [7, 11) is 1.72. The van der Waals surface area contributed by atoms with Crippen molar-refractivity contribution in [3.05, 3.63) is 36.1 Å². The van der Waals surface area contributed by atoms with Gasteiger partial charge in [-0.2, -0.15) is 0 Å². The third kappa shape index (κ3) is 2.55. The van der Waals surface area contributed by atoms with E-state index < -0.39 is 0 Å². The van der Waals surface area contributed by atoms with Crippen LogP contribution in [0.1, 0.15) is 17.0 Å². The lowest BCUT2D eigenvalue weighted by molar-refractivity contribution is 0.0877. The summed E-state index contributed by atoms with van der Waals surface area (Å²) in [5.74, 6) is 0.481. The molecule has 100 valence electrons. The number of methoxy groups -OCH3 is 1. The largest absolute Gasteiger partial charge is 0.453 e. The minimum Gasteiger partial charge on any atom is -0.453 e. The topological polar surface area (TPSA) is 42.7 Å².